The molecule has 3 aromatic rings. The number of benzene rings is 3. The molecule has 3 aromatic carbocycles. The Morgan fingerprint density at radius 1 is 0.871 bits per heavy atom. The van der Waals surface area contributed by atoms with E-state index in [1.165, 1.54) is 6.08 Å². The summed E-state index contributed by atoms with van der Waals surface area (Å²) in [6.07, 6.45) is 1.50. The summed E-state index contributed by atoms with van der Waals surface area (Å²) in [5.74, 6) is -0.600. The first-order valence-corrected chi connectivity index (χ1v) is 11.4. The van der Waals surface area contributed by atoms with Crippen LogP contribution >= 0.6 is 0 Å². The van der Waals surface area contributed by atoms with Crippen LogP contribution in [0.2, 0.25) is 0 Å². The standard InChI is InChI=1S/C25H25NO4S/c1-25(2,3)30-24(27)22-15-14-21(20-12-8-5-9-13-20)18-23(22)26-31(28,29)17-16-19-10-6-4-7-11-19/h4-18,26H,1-3H3/b17-16+. The first-order chi connectivity index (χ1) is 14.6. The van der Waals surface area contributed by atoms with Gasteiger partial charge in [0.25, 0.3) is 10.0 Å². The summed E-state index contributed by atoms with van der Waals surface area (Å²) in [5.41, 5.74) is 2.02. The lowest BCUT2D eigenvalue weighted by Crippen LogP contribution is -2.25. The fourth-order valence-electron chi connectivity index (χ4n) is 2.87. The van der Waals surface area contributed by atoms with Crippen molar-refractivity contribution in [3.8, 4) is 11.1 Å². The molecule has 0 spiro atoms. The van der Waals surface area contributed by atoms with E-state index in [0.717, 1.165) is 22.1 Å². The van der Waals surface area contributed by atoms with E-state index in [4.69, 9.17) is 4.74 Å². The van der Waals surface area contributed by atoms with Crippen molar-refractivity contribution in [2.45, 2.75) is 26.4 Å². The highest BCUT2D eigenvalue weighted by Crippen LogP contribution is 2.28. The van der Waals surface area contributed by atoms with Crippen LogP contribution in [-0.4, -0.2) is 20.0 Å². The van der Waals surface area contributed by atoms with Gasteiger partial charge in [-0.05, 0) is 55.7 Å². The van der Waals surface area contributed by atoms with Gasteiger partial charge >= 0.3 is 5.97 Å². The van der Waals surface area contributed by atoms with Gasteiger partial charge in [0.2, 0.25) is 0 Å². The summed E-state index contributed by atoms with van der Waals surface area (Å²) >= 11 is 0. The fourth-order valence-corrected chi connectivity index (χ4v) is 3.75. The summed E-state index contributed by atoms with van der Waals surface area (Å²) in [4.78, 5) is 12.7. The first kappa shape index (κ1) is 22.3. The molecule has 0 fully saturated rings. The monoisotopic (exact) mass is 435 g/mol. The Kier molecular flexibility index (Phi) is 6.61. The number of sulfonamides is 1. The topological polar surface area (TPSA) is 72.5 Å². The van der Waals surface area contributed by atoms with E-state index in [0.29, 0.717) is 0 Å². The zero-order valence-electron chi connectivity index (χ0n) is 17.7. The zero-order valence-corrected chi connectivity index (χ0v) is 18.5. The molecule has 0 radical (unpaired) electrons. The van der Waals surface area contributed by atoms with Gasteiger partial charge < -0.3 is 4.74 Å². The average molecular weight is 436 g/mol. The molecule has 160 valence electrons. The smallest absolute Gasteiger partial charge is 0.340 e. The number of hydrogen-bond acceptors (Lipinski definition) is 4. The van der Waals surface area contributed by atoms with Gasteiger partial charge in [-0.3, -0.25) is 4.72 Å². The summed E-state index contributed by atoms with van der Waals surface area (Å²) in [7, 11) is -3.87. The Balaban J connectivity index is 1.98. The van der Waals surface area contributed by atoms with Crippen molar-refractivity contribution in [1.82, 2.24) is 0 Å². The third-order valence-corrected chi connectivity index (χ3v) is 5.24. The molecular formula is C25H25NO4S. The number of hydrogen-bond donors (Lipinski definition) is 1. The second-order valence-corrected chi connectivity index (χ2v) is 9.56. The lowest BCUT2D eigenvalue weighted by atomic mass is 10.0. The van der Waals surface area contributed by atoms with E-state index < -0.39 is 21.6 Å². The number of rotatable bonds is 6. The predicted molar refractivity (Wildman–Crippen MR) is 125 cm³/mol. The van der Waals surface area contributed by atoms with E-state index in [1.807, 2.05) is 48.5 Å². The van der Waals surface area contributed by atoms with Crippen molar-refractivity contribution in [3.05, 3.63) is 95.4 Å². The quantitative estimate of drug-likeness (QED) is 0.503. The van der Waals surface area contributed by atoms with Crippen LogP contribution in [0.3, 0.4) is 0 Å². The van der Waals surface area contributed by atoms with E-state index in [1.54, 1.807) is 51.1 Å². The summed E-state index contributed by atoms with van der Waals surface area (Å²) in [6.45, 7) is 5.28. The van der Waals surface area contributed by atoms with Crippen LogP contribution in [0.5, 0.6) is 0 Å². The van der Waals surface area contributed by atoms with Gasteiger partial charge in [-0.15, -0.1) is 0 Å². The summed E-state index contributed by atoms with van der Waals surface area (Å²) in [6, 6.07) is 23.6. The second-order valence-electron chi connectivity index (χ2n) is 7.99. The highest BCUT2D eigenvalue weighted by Gasteiger charge is 2.22. The first-order valence-electron chi connectivity index (χ1n) is 9.82. The molecule has 0 aliphatic carbocycles. The molecule has 0 aliphatic heterocycles. The van der Waals surface area contributed by atoms with Crippen LogP contribution in [0.4, 0.5) is 5.69 Å². The van der Waals surface area contributed by atoms with Crippen LogP contribution < -0.4 is 4.72 Å². The van der Waals surface area contributed by atoms with E-state index in [9.17, 15) is 13.2 Å². The van der Waals surface area contributed by atoms with E-state index in [2.05, 4.69) is 4.72 Å². The molecule has 0 aromatic heterocycles. The van der Waals surface area contributed by atoms with Crippen LogP contribution in [-0.2, 0) is 14.8 Å². The van der Waals surface area contributed by atoms with Crippen molar-refractivity contribution >= 4 is 27.8 Å². The third kappa shape index (κ3) is 6.55. The third-order valence-electron chi connectivity index (χ3n) is 4.24. The van der Waals surface area contributed by atoms with E-state index in [-0.39, 0.29) is 11.3 Å². The minimum Gasteiger partial charge on any atom is -0.456 e. The largest absolute Gasteiger partial charge is 0.456 e. The maximum absolute atomic E-state index is 12.7. The number of carbonyl (C=O) groups excluding carboxylic acids is 1. The molecule has 0 aliphatic rings. The number of esters is 1. The SMILES string of the molecule is CC(C)(C)OC(=O)c1ccc(-c2ccccc2)cc1NS(=O)(=O)/C=C/c1ccccc1. The molecule has 0 saturated carbocycles. The zero-order chi connectivity index (χ0) is 22.5. The molecule has 0 bridgehead atoms. The van der Waals surface area contributed by atoms with Gasteiger partial charge in [-0.1, -0.05) is 66.7 Å². The Labute approximate surface area is 183 Å². The maximum Gasteiger partial charge on any atom is 0.340 e. The lowest BCUT2D eigenvalue weighted by Gasteiger charge is -2.21. The Morgan fingerprint density at radius 3 is 2.10 bits per heavy atom. The molecule has 0 atom stereocenters. The molecular weight excluding hydrogens is 410 g/mol. The van der Waals surface area contributed by atoms with Gasteiger partial charge in [0.15, 0.2) is 0 Å². The predicted octanol–water partition coefficient (Wildman–Crippen LogP) is 5.72. The minimum atomic E-state index is -3.87. The molecule has 0 heterocycles. The summed E-state index contributed by atoms with van der Waals surface area (Å²) in [5, 5.41) is 1.08. The molecule has 1 N–H and O–H groups in total. The summed E-state index contributed by atoms with van der Waals surface area (Å²) < 4.78 is 33.4. The van der Waals surface area contributed by atoms with Crippen molar-refractivity contribution < 1.29 is 17.9 Å². The van der Waals surface area contributed by atoms with Gasteiger partial charge in [-0.2, -0.15) is 0 Å². The molecule has 0 saturated heterocycles. The Bertz CT molecular complexity index is 1180. The molecule has 0 unspecified atom stereocenters. The van der Waals surface area contributed by atoms with Crippen LogP contribution in [0.15, 0.2) is 84.3 Å². The van der Waals surface area contributed by atoms with Crippen molar-refractivity contribution in [2.75, 3.05) is 4.72 Å². The van der Waals surface area contributed by atoms with Crippen molar-refractivity contribution in [1.29, 1.82) is 0 Å². The molecule has 0 amide bonds. The fraction of sp³-hybridized carbons (Fsp3) is 0.160. The van der Waals surface area contributed by atoms with Crippen LogP contribution in [0, 0.1) is 0 Å². The molecule has 3 rings (SSSR count). The Hall–Kier alpha value is -3.38. The van der Waals surface area contributed by atoms with Crippen LogP contribution in [0.1, 0.15) is 36.7 Å². The second kappa shape index (κ2) is 9.18. The average Bonchev–Trinajstić information content (AvgIpc) is 2.72. The van der Waals surface area contributed by atoms with E-state index >= 15 is 0 Å². The van der Waals surface area contributed by atoms with Gasteiger partial charge in [0.05, 0.1) is 16.7 Å². The maximum atomic E-state index is 12.7. The molecule has 5 nitrogen and oxygen atoms in total. The highest BCUT2D eigenvalue weighted by atomic mass is 32.2. The lowest BCUT2D eigenvalue weighted by molar-refractivity contribution is 0.00708. The highest BCUT2D eigenvalue weighted by molar-refractivity contribution is 7.95. The van der Waals surface area contributed by atoms with Gasteiger partial charge in [-0.25, -0.2) is 13.2 Å². The number of carbonyl (C=O) groups is 1. The van der Waals surface area contributed by atoms with Crippen molar-refractivity contribution in [2.24, 2.45) is 0 Å². The van der Waals surface area contributed by atoms with Crippen molar-refractivity contribution in [3.63, 3.8) is 0 Å². The molecule has 31 heavy (non-hydrogen) atoms. The van der Waals surface area contributed by atoms with Gasteiger partial charge in [0.1, 0.15) is 5.60 Å². The van der Waals surface area contributed by atoms with Gasteiger partial charge in [0, 0.05) is 0 Å². The Morgan fingerprint density at radius 2 is 1.48 bits per heavy atom. The molecule has 6 heteroatoms. The minimum absolute atomic E-state index is 0.145. The number of anilines is 1. The number of nitrogens with one attached hydrogen (secondary N) is 1. The normalized spacial score (nSPS) is 12.0. The van der Waals surface area contributed by atoms with Crippen LogP contribution in [0.25, 0.3) is 17.2 Å². The number of ether oxygens (including phenoxy) is 1.